The van der Waals surface area contributed by atoms with Gasteiger partial charge in [0.15, 0.2) is 0 Å². The fourth-order valence-corrected chi connectivity index (χ4v) is 3.08. The molecule has 0 spiro atoms. The predicted molar refractivity (Wildman–Crippen MR) is 104 cm³/mol. The highest BCUT2D eigenvalue weighted by molar-refractivity contribution is 6.31. The quantitative estimate of drug-likeness (QED) is 0.649. The number of amides is 2. The molecule has 2 rings (SSSR count). The van der Waals surface area contributed by atoms with Gasteiger partial charge in [-0.2, -0.15) is 8.78 Å². The first-order valence-electron chi connectivity index (χ1n) is 8.71. The molecular weight excluding hydrogens is 374 g/mol. The molecule has 0 aromatic heterocycles. The average Bonchev–Trinajstić information content (AvgIpc) is 2.63. The van der Waals surface area contributed by atoms with Gasteiger partial charge in [0, 0.05) is 18.6 Å². The molecule has 0 aliphatic carbocycles. The Kier molecular flexibility index (Phi) is 7.42. The molecule has 1 N–H and O–H groups in total. The lowest BCUT2D eigenvalue weighted by Gasteiger charge is -2.21. The van der Waals surface area contributed by atoms with Crippen LogP contribution in [0.1, 0.15) is 30.5 Å². The third kappa shape index (κ3) is 5.57. The maximum atomic E-state index is 12.6. The van der Waals surface area contributed by atoms with E-state index in [9.17, 15) is 13.6 Å². The van der Waals surface area contributed by atoms with Crippen LogP contribution in [0.5, 0.6) is 5.75 Å². The summed E-state index contributed by atoms with van der Waals surface area (Å²) in [5.74, 6) is 0.0833. The first-order valence-corrected chi connectivity index (χ1v) is 9.09. The molecule has 2 aromatic carbocycles. The Labute approximate surface area is 163 Å². The van der Waals surface area contributed by atoms with Gasteiger partial charge >= 0.3 is 12.6 Å². The van der Waals surface area contributed by atoms with E-state index in [1.165, 1.54) is 17.0 Å². The number of benzene rings is 2. The van der Waals surface area contributed by atoms with E-state index in [1.807, 2.05) is 26.0 Å². The standard InChI is InChI=1S/C20H23ClF2N2O2/c1-4-14-8-11-17(21)16(5-2)18(14)24-20(26)25(3)12-13-6-9-15(10-7-13)27-19(22)23/h6-11,19H,4-5,12H2,1-3H3,(H,24,26). The number of carbonyl (C=O) groups is 1. The fraction of sp³-hybridized carbons (Fsp3) is 0.350. The zero-order chi connectivity index (χ0) is 20.0. The number of hydrogen-bond acceptors (Lipinski definition) is 2. The van der Waals surface area contributed by atoms with Crippen molar-refractivity contribution >= 4 is 23.3 Å². The Balaban J connectivity index is 2.09. The van der Waals surface area contributed by atoms with Crippen LogP contribution >= 0.6 is 11.6 Å². The summed E-state index contributed by atoms with van der Waals surface area (Å²) >= 11 is 6.27. The lowest BCUT2D eigenvalue weighted by atomic mass is 10.0. The topological polar surface area (TPSA) is 41.6 Å². The van der Waals surface area contributed by atoms with E-state index in [1.54, 1.807) is 19.2 Å². The van der Waals surface area contributed by atoms with Gasteiger partial charge in [-0.3, -0.25) is 0 Å². The molecule has 0 atom stereocenters. The summed E-state index contributed by atoms with van der Waals surface area (Å²) in [6.45, 7) is 1.47. The zero-order valence-corrected chi connectivity index (χ0v) is 16.3. The maximum Gasteiger partial charge on any atom is 0.387 e. The number of aryl methyl sites for hydroxylation is 1. The first-order chi connectivity index (χ1) is 12.8. The van der Waals surface area contributed by atoms with Gasteiger partial charge in [0.05, 0.1) is 5.69 Å². The third-order valence-corrected chi connectivity index (χ3v) is 4.58. The smallest absolute Gasteiger partial charge is 0.387 e. The molecule has 0 heterocycles. The van der Waals surface area contributed by atoms with Gasteiger partial charge in [-0.15, -0.1) is 0 Å². The monoisotopic (exact) mass is 396 g/mol. The van der Waals surface area contributed by atoms with Crippen molar-refractivity contribution in [1.29, 1.82) is 0 Å². The minimum atomic E-state index is -2.86. The van der Waals surface area contributed by atoms with Crippen LogP contribution in [0.2, 0.25) is 5.02 Å². The van der Waals surface area contributed by atoms with Gasteiger partial charge in [0.1, 0.15) is 5.75 Å². The lowest BCUT2D eigenvalue weighted by molar-refractivity contribution is -0.0498. The van der Waals surface area contributed by atoms with Gasteiger partial charge in [-0.25, -0.2) is 4.79 Å². The minimum absolute atomic E-state index is 0.0833. The SMILES string of the molecule is CCc1ccc(Cl)c(CC)c1NC(=O)N(C)Cc1ccc(OC(F)F)cc1. The second kappa shape index (κ2) is 9.55. The number of halogens is 3. The number of nitrogens with one attached hydrogen (secondary N) is 1. The molecule has 2 aromatic rings. The van der Waals surface area contributed by atoms with Crippen LogP contribution in [0.15, 0.2) is 36.4 Å². The molecule has 0 aliphatic rings. The van der Waals surface area contributed by atoms with E-state index in [0.29, 0.717) is 18.0 Å². The van der Waals surface area contributed by atoms with Crippen molar-refractivity contribution in [2.75, 3.05) is 12.4 Å². The molecule has 4 nitrogen and oxygen atoms in total. The summed E-state index contributed by atoms with van der Waals surface area (Å²) in [4.78, 5) is 14.1. The van der Waals surface area contributed by atoms with Crippen molar-refractivity contribution in [3.63, 3.8) is 0 Å². The van der Waals surface area contributed by atoms with Gasteiger partial charge in [-0.1, -0.05) is 43.6 Å². The largest absolute Gasteiger partial charge is 0.435 e. The molecule has 0 unspecified atom stereocenters. The number of carbonyl (C=O) groups excluding carboxylic acids is 1. The Morgan fingerprint density at radius 3 is 2.37 bits per heavy atom. The van der Waals surface area contributed by atoms with Crippen molar-refractivity contribution in [1.82, 2.24) is 4.90 Å². The minimum Gasteiger partial charge on any atom is -0.435 e. The predicted octanol–water partition coefficient (Wildman–Crippen LogP) is 5.73. The number of rotatable bonds is 7. The van der Waals surface area contributed by atoms with Crippen molar-refractivity contribution in [3.05, 3.63) is 58.1 Å². The van der Waals surface area contributed by atoms with Gasteiger partial charge in [0.2, 0.25) is 0 Å². The normalized spacial score (nSPS) is 10.8. The summed E-state index contributed by atoms with van der Waals surface area (Å²) in [6.07, 6.45) is 1.48. The molecular formula is C20H23ClF2N2O2. The van der Waals surface area contributed by atoms with Crippen LogP contribution in [0.25, 0.3) is 0 Å². The Morgan fingerprint density at radius 2 is 1.81 bits per heavy atom. The molecule has 0 aliphatic heterocycles. The van der Waals surface area contributed by atoms with Crippen LogP contribution in [-0.4, -0.2) is 24.6 Å². The van der Waals surface area contributed by atoms with E-state index in [-0.39, 0.29) is 11.8 Å². The van der Waals surface area contributed by atoms with Gasteiger partial charge in [0.25, 0.3) is 0 Å². The molecule has 27 heavy (non-hydrogen) atoms. The summed E-state index contributed by atoms with van der Waals surface area (Å²) in [5, 5.41) is 3.59. The molecule has 0 radical (unpaired) electrons. The van der Waals surface area contributed by atoms with Crippen LogP contribution in [0, 0.1) is 0 Å². The van der Waals surface area contributed by atoms with Crippen molar-refractivity contribution in [2.24, 2.45) is 0 Å². The second-order valence-corrected chi connectivity index (χ2v) is 6.48. The van der Waals surface area contributed by atoms with Crippen molar-refractivity contribution < 1.29 is 18.3 Å². The second-order valence-electron chi connectivity index (χ2n) is 6.08. The average molecular weight is 397 g/mol. The molecule has 0 bridgehead atoms. The third-order valence-electron chi connectivity index (χ3n) is 4.22. The zero-order valence-electron chi connectivity index (χ0n) is 15.6. The highest BCUT2D eigenvalue weighted by atomic mass is 35.5. The highest BCUT2D eigenvalue weighted by Gasteiger charge is 2.16. The molecule has 0 saturated carbocycles. The molecule has 146 valence electrons. The molecule has 7 heteroatoms. The number of hydrogen-bond donors (Lipinski definition) is 1. The maximum absolute atomic E-state index is 12.6. The summed E-state index contributed by atoms with van der Waals surface area (Å²) in [6, 6.07) is 9.70. The Hall–Kier alpha value is -2.34. The summed E-state index contributed by atoms with van der Waals surface area (Å²) in [7, 11) is 1.67. The first kappa shape index (κ1) is 21.0. The van der Waals surface area contributed by atoms with Crippen LogP contribution in [0.3, 0.4) is 0 Å². The molecule has 2 amide bonds. The lowest BCUT2D eigenvalue weighted by Crippen LogP contribution is -2.31. The number of nitrogens with zero attached hydrogens (tertiary/aromatic N) is 1. The molecule has 0 fully saturated rings. The van der Waals surface area contributed by atoms with E-state index < -0.39 is 6.61 Å². The Morgan fingerprint density at radius 1 is 1.15 bits per heavy atom. The van der Waals surface area contributed by atoms with Crippen molar-refractivity contribution in [2.45, 2.75) is 39.8 Å². The van der Waals surface area contributed by atoms with Crippen LogP contribution in [0.4, 0.5) is 19.3 Å². The summed E-state index contributed by atoms with van der Waals surface area (Å²) in [5.41, 5.74) is 3.48. The molecule has 0 saturated heterocycles. The fourth-order valence-electron chi connectivity index (χ4n) is 2.79. The van der Waals surface area contributed by atoms with E-state index in [2.05, 4.69) is 10.1 Å². The van der Waals surface area contributed by atoms with Crippen LogP contribution < -0.4 is 10.1 Å². The Bertz CT molecular complexity index is 782. The number of urea groups is 1. The summed E-state index contributed by atoms with van der Waals surface area (Å²) < 4.78 is 28.7. The van der Waals surface area contributed by atoms with Gasteiger partial charge in [-0.05, 0) is 47.7 Å². The number of anilines is 1. The van der Waals surface area contributed by atoms with Crippen LogP contribution in [-0.2, 0) is 19.4 Å². The number of alkyl halides is 2. The van der Waals surface area contributed by atoms with Gasteiger partial charge < -0.3 is 15.0 Å². The highest BCUT2D eigenvalue weighted by Crippen LogP contribution is 2.29. The van der Waals surface area contributed by atoms with E-state index in [0.717, 1.165) is 28.8 Å². The number of ether oxygens (including phenoxy) is 1. The van der Waals surface area contributed by atoms with Crippen molar-refractivity contribution in [3.8, 4) is 5.75 Å². The van der Waals surface area contributed by atoms with E-state index >= 15 is 0 Å². The van der Waals surface area contributed by atoms with E-state index in [4.69, 9.17) is 11.6 Å².